The number of aromatic nitrogens is 1. The summed E-state index contributed by atoms with van der Waals surface area (Å²) in [5.41, 5.74) is 0.199. The van der Waals surface area contributed by atoms with Gasteiger partial charge in [0.2, 0.25) is 0 Å². The lowest BCUT2D eigenvalue weighted by Gasteiger charge is -2.35. The van der Waals surface area contributed by atoms with Gasteiger partial charge in [-0.2, -0.15) is 0 Å². The Labute approximate surface area is 87.0 Å². The van der Waals surface area contributed by atoms with E-state index in [2.05, 4.69) is 4.98 Å². The van der Waals surface area contributed by atoms with Crippen molar-refractivity contribution < 1.29 is 14.7 Å². The Kier molecular flexibility index (Phi) is 2.07. The van der Waals surface area contributed by atoms with Crippen molar-refractivity contribution in [3.05, 3.63) is 29.6 Å². The summed E-state index contributed by atoms with van der Waals surface area (Å²) in [5, 5.41) is 9.15. The molecule has 2 rings (SSSR count). The predicted molar refractivity (Wildman–Crippen MR) is 52.5 cm³/mol. The molecule has 0 bridgehead atoms. The van der Waals surface area contributed by atoms with E-state index in [1.807, 2.05) is 0 Å². The number of carbonyl (C=O) groups excluding carboxylic acids is 1. The summed E-state index contributed by atoms with van der Waals surface area (Å²) in [4.78, 5) is 26.3. The fourth-order valence-electron chi connectivity index (χ4n) is 1.87. The lowest BCUT2D eigenvalue weighted by atomic mass is 9.65. The van der Waals surface area contributed by atoms with Gasteiger partial charge in [-0.1, -0.05) is 6.07 Å². The number of rotatable bonds is 2. The first-order valence-electron chi connectivity index (χ1n) is 4.74. The van der Waals surface area contributed by atoms with Crippen molar-refractivity contribution in [1.29, 1.82) is 0 Å². The molecule has 1 aromatic rings. The van der Waals surface area contributed by atoms with Gasteiger partial charge in [-0.05, 0) is 19.1 Å². The van der Waals surface area contributed by atoms with Gasteiger partial charge in [-0.3, -0.25) is 14.6 Å². The number of hydrogen-bond donors (Lipinski definition) is 1. The van der Waals surface area contributed by atoms with Crippen LogP contribution in [-0.4, -0.2) is 21.8 Å². The van der Waals surface area contributed by atoms with Crippen LogP contribution in [-0.2, 0) is 15.0 Å². The molecule has 0 radical (unpaired) electrons. The summed E-state index contributed by atoms with van der Waals surface area (Å²) in [6.07, 6.45) is 0.136. The maximum Gasteiger partial charge on any atom is 0.316 e. The Balaban J connectivity index is 2.43. The summed E-state index contributed by atoms with van der Waals surface area (Å²) >= 11 is 0. The minimum absolute atomic E-state index is 0.0132. The average Bonchev–Trinajstić information content (AvgIpc) is 2.12. The van der Waals surface area contributed by atoms with Crippen molar-refractivity contribution in [2.45, 2.75) is 25.2 Å². The molecule has 1 aliphatic rings. The van der Waals surface area contributed by atoms with Gasteiger partial charge in [0.15, 0.2) is 0 Å². The van der Waals surface area contributed by atoms with Crippen molar-refractivity contribution in [3.63, 3.8) is 0 Å². The summed E-state index contributed by atoms with van der Waals surface area (Å²) in [5.74, 6) is -0.971. The van der Waals surface area contributed by atoms with Crippen LogP contribution in [0, 0.1) is 6.92 Å². The van der Waals surface area contributed by atoms with Crippen molar-refractivity contribution in [3.8, 4) is 0 Å². The third-order valence-electron chi connectivity index (χ3n) is 2.79. The van der Waals surface area contributed by atoms with E-state index in [-0.39, 0.29) is 18.6 Å². The zero-order chi connectivity index (χ0) is 11.1. The molecular formula is C11H11NO3. The third-order valence-corrected chi connectivity index (χ3v) is 2.79. The van der Waals surface area contributed by atoms with E-state index in [0.29, 0.717) is 5.69 Å². The second-order valence-electron chi connectivity index (χ2n) is 3.94. The Morgan fingerprint density at radius 3 is 2.60 bits per heavy atom. The summed E-state index contributed by atoms with van der Waals surface area (Å²) in [6, 6.07) is 5.25. The van der Waals surface area contributed by atoms with Gasteiger partial charge >= 0.3 is 5.97 Å². The fourth-order valence-corrected chi connectivity index (χ4v) is 1.87. The number of pyridine rings is 1. The molecule has 4 heteroatoms. The molecule has 1 aromatic heterocycles. The molecule has 0 aliphatic heterocycles. The first kappa shape index (κ1) is 9.83. The van der Waals surface area contributed by atoms with Gasteiger partial charge in [0, 0.05) is 18.5 Å². The maximum atomic E-state index is 11.2. The monoisotopic (exact) mass is 205 g/mol. The predicted octanol–water partition coefficient (Wildman–Crippen LogP) is 1.08. The quantitative estimate of drug-likeness (QED) is 0.784. The third kappa shape index (κ3) is 1.42. The molecule has 0 spiro atoms. The van der Waals surface area contributed by atoms with E-state index >= 15 is 0 Å². The number of nitrogens with zero attached hydrogens (tertiary/aromatic N) is 1. The summed E-state index contributed by atoms with van der Waals surface area (Å²) in [7, 11) is 0. The number of aliphatic carboxylic acids is 1. The molecule has 0 amide bonds. The average molecular weight is 205 g/mol. The van der Waals surface area contributed by atoms with Crippen molar-refractivity contribution in [2.24, 2.45) is 0 Å². The largest absolute Gasteiger partial charge is 0.481 e. The Hall–Kier alpha value is -1.71. The van der Waals surface area contributed by atoms with E-state index < -0.39 is 11.4 Å². The number of carboxylic acid groups (broad SMARTS) is 1. The molecule has 15 heavy (non-hydrogen) atoms. The minimum atomic E-state index is -1.07. The van der Waals surface area contributed by atoms with E-state index in [0.717, 1.165) is 5.69 Å². The highest BCUT2D eigenvalue weighted by Crippen LogP contribution is 2.40. The van der Waals surface area contributed by atoms with E-state index in [1.54, 1.807) is 25.1 Å². The van der Waals surface area contributed by atoms with Gasteiger partial charge in [-0.25, -0.2) is 0 Å². The molecule has 0 saturated heterocycles. The van der Waals surface area contributed by atoms with Crippen LogP contribution in [0.2, 0.25) is 0 Å². The summed E-state index contributed by atoms with van der Waals surface area (Å²) < 4.78 is 0. The van der Waals surface area contributed by atoms with Crippen LogP contribution in [0.1, 0.15) is 24.2 Å². The maximum absolute atomic E-state index is 11.2. The Morgan fingerprint density at radius 1 is 1.47 bits per heavy atom. The number of aryl methyl sites for hydroxylation is 1. The van der Waals surface area contributed by atoms with E-state index in [9.17, 15) is 9.59 Å². The van der Waals surface area contributed by atoms with Crippen LogP contribution in [0.4, 0.5) is 0 Å². The van der Waals surface area contributed by atoms with Crippen LogP contribution >= 0.6 is 0 Å². The summed E-state index contributed by atoms with van der Waals surface area (Å²) in [6.45, 7) is 1.81. The van der Waals surface area contributed by atoms with Crippen LogP contribution < -0.4 is 0 Å². The van der Waals surface area contributed by atoms with Gasteiger partial charge < -0.3 is 5.11 Å². The lowest BCUT2D eigenvalue weighted by Crippen LogP contribution is -2.48. The van der Waals surface area contributed by atoms with Gasteiger partial charge in [-0.15, -0.1) is 0 Å². The molecule has 0 atom stereocenters. The molecule has 1 N–H and O–H groups in total. The van der Waals surface area contributed by atoms with Crippen molar-refractivity contribution >= 4 is 11.8 Å². The van der Waals surface area contributed by atoms with E-state index in [1.165, 1.54) is 0 Å². The molecular weight excluding hydrogens is 194 g/mol. The van der Waals surface area contributed by atoms with Gasteiger partial charge in [0.05, 0.1) is 5.69 Å². The van der Waals surface area contributed by atoms with Crippen LogP contribution in [0.15, 0.2) is 18.2 Å². The SMILES string of the molecule is Cc1cccc(C2(C(=O)O)CC(=O)C2)n1. The fraction of sp³-hybridized carbons (Fsp3) is 0.364. The molecule has 0 aromatic carbocycles. The van der Waals surface area contributed by atoms with Gasteiger partial charge in [0.25, 0.3) is 0 Å². The second kappa shape index (κ2) is 3.15. The molecule has 78 valence electrons. The standard InChI is InChI=1S/C11H11NO3/c1-7-3-2-4-9(12-7)11(10(14)15)5-8(13)6-11/h2-4H,5-6H2,1H3,(H,14,15). The molecule has 0 unspecified atom stereocenters. The number of carboxylic acids is 1. The zero-order valence-corrected chi connectivity index (χ0v) is 8.36. The highest BCUT2D eigenvalue weighted by Gasteiger charge is 2.52. The topological polar surface area (TPSA) is 67.3 Å². The highest BCUT2D eigenvalue weighted by molar-refractivity contribution is 6.01. The normalized spacial score (nSPS) is 18.3. The highest BCUT2D eigenvalue weighted by atomic mass is 16.4. The van der Waals surface area contributed by atoms with Crippen LogP contribution in [0.3, 0.4) is 0 Å². The van der Waals surface area contributed by atoms with E-state index in [4.69, 9.17) is 5.11 Å². The van der Waals surface area contributed by atoms with Crippen LogP contribution in [0.5, 0.6) is 0 Å². The Bertz CT molecular complexity index is 431. The second-order valence-corrected chi connectivity index (χ2v) is 3.94. The Morgan fingerprint density at radius 2 is 2.13 bits per heavy atom. The molecule has 1 saturated carbocycles. The first-order chi connectivity index (χ1) is 7.04. The first-order valence-corrected chi connectivity index (χ1v) is 4.74. The number of Topliss-reactive ketones (excluding diaryl/α,β-unsaturated/α-hetero) is 1. The lowest BCUT2D eigenvalue weighted by molar-refractivity contribution is -0.153. The molecule has 4 nitrogen and oxygen atoms in total. The smallest absolute Gasteiger partial charge is 0.316 e. The zero-order valence-electron chi connectivity index (χ0n) is 8.36. The van der Waals surface area contributed by atoms with Gasteiger partial charge in [0.1, 0.15) is 11.2 Å². The number of hydrogen-bond acceptors (Lipinski definition) is 3. The van der Waals surface area contributed by atoms with Crippen molar-refractivity contribution in [2.75, 3.05) is 0 Å². The minimum Gasteiger partial charge on any atom is -0.481 e. The number of ketones is 1. The molecule has 1 aliphatic carbocycles. The molecule has 1 heterocycles. The van der Waals surface area contributed by atoms with Crippen LogP contribution in [0.25, 0.3) is 0 Å². The number of carbonyl (C=O) groups is 2. The molecule has 1 fully saturated rings. The van der Waals surface area contributed by atoms with Crippen molar-refractivity contribution in [1.82, 2.24) is 4.98 Å².